The summed E-state index contributed by atoms with van der Waals surface area (Å²) in [5, 5.41) is 0. The highest BCUT2D eigenvalue weighted by atomic mass is 16.2. The van der Waals surface area contributed by atoms with Crippen LogP contribution in [0.3, 0.4) is 0 Å². The molecule has 0 aromatic heterocycles. The van der Waals surface area contributed by atoms with Crippen molar-refractivity contribution < 1.29 is 9.59 Å². The molecule has 0 bridgehead atoms. The predicted molar refractivity (Wildman–Crippen MR) is 104 cm³/mol. The number of likely N-dealkylation sites (tertiary alicyclic amines) is 1. The van der Waals surface area contributed by atoms with Crippen molar-refractivity contribution in [2.75, 3.05) is 13.1 Å². The molecule has 0 saturated carbocycles. The number of benzene rings is 2. The topological polar surface area (TPSA) is 37.4 Å². The summed E-state index contributed by atoms with van der Waals surface area (Å²) in [7, 11) is 0. The Hall–Kier alpha value is -2.68. The third-order valence-corrected chi connectivity index (χ3v) is 5.08. The number of hydrogen-bond donors (Lipinski definition) is 0. The summed E-state index contributed by atoms with van der Waals surface area (Å²) in [4.78, 5) is 26.8. The van der Waals surface area contributed by atoms with E-state index in [1.54, 1.807) is 6.08 Å². The largest absolute Gasteiger partial charge is 0.339 e. The summed E-state index contributed by atoms with van der Waals surface area (Å²) in [6, 6.07) is 19.5. The van der Waals surface area contributed by atoms with E-state index in [1.165, 1.54) is 5.56 Å². The number of rotatable bonds is 5. The molecule has 3 rings (SSSR count). The van der Waals surface area contributed by atoms with Gasteiger partial charge in [0.25, 0.3) is 5.91 Å². The second-order valence-electron chi connectivity index (χ2n) is 6.89. The van der Waals surface area contributed by atoms with Crippen molar-refractivity contribution in [1.29, 1.82) is 0 Å². The molecule has 0 N–H and O–H groups in total. The molecule has 3 heteroatoms. The molecule has 1 fully saturated rings. The minimum Gasteiger partial charge on any atom is -0.339 e. The summed E-state index contributed by atoms with van der Waals surface area (Å²) in [6.45, 7) is 3.39. The first-order valence-corrected chi connectivity index (χ1v) is 9.26. The molecule has 1 aliphatic heterocycles. The van der Waals surface area contributed by atoms with E-state index >= 15 is 0 Å². The first-order chi connectivity index (χ1) is 12.6. The average Bonchev–Trinajstić information content (AvgIpc) is 2.72. The molecule has 1 aliphatic rings. The molecule has 0 spiro atoms. The minimum absolute atomic E-state index is 0.0223. The van der Waals surface area contributed by atoms with Gasteiger partial charge in [-0.25, -0.2) is 0 Å². The molecule has 1 saturated heterocycles. The van der Waals surface area contributed by atoms with Gasteiger partial charge in [-0.2, -0.15) is 0 Å². The van der Waals surface area contributed by atoms with Crippen LogP contribution in [0.4, 0.5) is 0 Å². The number of allylic oxidation sites excluding steroid dienone is 2. The van der Waals surface area contributed by atoms with E-state index in [4.69, 9.17) is 0 Å². The lowest BCUT2D eigenvalue weighted by molar-refractivity contribution is -0.119. The van der Waals surface area contributed by atoms with Crippen LogP contribution in [0.2, 0.25) is 0 Å². The van der Waals surface area contributed by atoms with Crippen molar-refractivity contribution >= 4 is 11.7 Å². The highest BCUT2D eigenvalue weighted by Gasteiger charge is 2.26. The smallest absolute Gasteiger partial charge is 0.253 e. The predicted octanol–water partition coefficient (Wildman–Crippen LogP) is 4.47. The lowest BCUT2D eigenvalue weighted by atomic mass is 9.91. The molecule has 1 unspecified atom stereocenters. The van der Waals surface area contributed by atoms with Crippen molar-refractivity contribution in [2.45, 2.75) is 25.7 Å². The summed E-state index contributed by atoms with van der Waals surface area (Å²) < 4.78 is 0. The van der Waals surface area contributed by atoms with Crippen molar-refractivity contribution in [3.63, 3.8) is 0 Å². The summed E-state index contributed by atoms with van der Waals surface area (Å²) >= 11 is 0. The van der Waals surface area contributed by atoms with E-state index < -0.39 is 0 Å². The number of ketones is 1. The number of nitrogens with zero attached hydrogens (tertiary/aromatic N) is 1. The molecule has 134 valence electrons. The fourth-order valence-electron chi connectivity index (χ4n) is 3.37. The molecule has 26 heavy (non-hydrogen) atoms. The zero-order valence-corrected chi connectivity index (χ0v) is 15.2. The van der Waals surface area contributed by atoms with Gasteiger partial charge in [0.1, 0.15) is 0 Å². The maximum absolute atomic E-state index is 12.5. The fourth-order valence-corrected chi connectivity index (χ4v) is 3.37. The monoisotopic (exact) mass is 347 g/mol. The zero-order valence-electron chi connectivity index (χ0n) is 15.2. The Bertz CT molecular complexity index is 759. The van der Waals surface area contributed by atoms with Crippen LogP contribution in [-0.4, -0.2) is 29.7 Å². The molecule has 3 nitrogen and oxygen atoms in total. The third kappa shape index (κ3) is 4.48. The van der Waals surface area contributed by atoms with Crippen LogP contribution in [0, 0.1) is 5.92 Å². The van der Waals surface area contributed by atoms with Crippen molar-refractivity contribution in [3.8, 4) is 0 Å². The second kappa shape index (κ2) is 8.61. The van der Waals surface area contributed by atoms with Gasteiger partial charge in [-0.05, 0) is 42.5 Å². The van der Waals surface area contributed by atoms with Gasteiger partial charge in [0.05, 0.1) is 0 Å². The molecular formula is C23H25NO2. The first kappa shape index (κ1) is 18.1. The number of hydrogen-bond acceptors (Lipinski definition) is 2. The van der Waals surface area contributed by atoms with Crippen LogP contribution in [0.1, 0.15) is 41.6 Å². The first-order valence-electron chi connectivity index (χ1n) is 9.26. The molecule has 1 amide bonds. The van der Waals surface area contributed by atoms with E-state index in [0.717, 1.165) is 12.8 Å². The average molecular weight is 347 g/mol. The van der Waals surface area contributed by atoms with Crippen LogP contribution in [0.15, 0.2) is 72.8 Å². The van der Waals surface area contributed by atoms with Gasteiger partial charge >= 0.3 is 0 Å². The Labute approximate surface area is 155 Å². The maximum Gasteiger partial charge on any atom is 0.253 e. The highest BCUT2D eigenvalue weighted by molar-refractivity contribution is 5.95. The Kier molecular flexibility index (Phi) is 6.00. The number of carbonyl (C=O) groups is 2. The molecule has 1 heterocycles. The van der Waals surface area contributed by atoms with Crippen molar-refractivity contribution in [3.05, 3.63) is 83.9 Å². The maximum atomic E-state index is 12.5. The Morgan fingerprint density at radius 1 is 0.962 bits per heavy atom. The van der Waals surface area contributed by atoms with Crippen LogP contribution in [0.5, 0.6) is 0 Å². The summed E-state index contributed by atoms with van der Waals surface area (Å²) in [6.07, 6.45) is 5.19. The molecule has 0 radical (unpaired) electrons. The number of carbonyl (C=O) groups excluding carboxylic acids is 2. The molecule has 1 atom stereocenters. The normalized spacial score (nSPS) is 16.6. The van der Waals surface area contributed by atoms with Crippen LogP contribution in [0.25, 0.3) is 0 Å². The van der Waals surface area contributed by atoms with Gasteiger partial charge < -0.3 is 4.90 Å². The van der Waals surface area contributed by atoms with E-state index in [9.17, 15) is 9.59 Å². The van der Waals surface area contributed by atoms with Crippen LogP contribution < -0.4 is 0 Å². The lowest BCUT2D eigenvalue weighted by Crippen LogP contribution is -2.40. The van der Waals surface area contributed by atoms with Gasteiger partial charge in [-0.1, -0.05) is 61.5 Å². The molecule has 0 aliphatic carbocycles. The van der Waals surface area contributed by atoms with Gasteiger partial charge in [0.15, 0.2) is 5.78 Å². The van der Waals surface area contributed by atoms with E-state index in [-0.39, 0.29) is 23.5 Å². The Morgan fingerprint density at radius 3 is 2.15 bits per heavy atom. The van der Waals surface area contributed by atoms with Crippen LogP contribution >= 0.6 is 0 Å². The lowest BCUT2D eigenvalue weighted by Gasteiger charge is -2.31. The van der Waals surface area contributed by atoms with Gasteiger partial charge in [-0.3, -0.25) is 9.59 Å². The van der Waals surface area contributed by atoms with Crippen molar-refractivity contribution in [1.82, 2.24) is 4.90 Å². The van der Waals surface area contributed by atoms with Gasteiger partial charge in [0.2, 0.25) is 0 Å². The van der Waals surface area contributed by atoms with E-state index in [1.807, 2.05) is 59.5 Å². The highest BCUT2D eigenvalue weighted by Crippen LogP contribution is 2.22. The van der Waals surface area contributed by atoms with E-state index in [2.05, 4.69) is 19.1 Å². The summed E-state index contributed by atoms with van der Waals surface area (Å²) in [5.74, 6) is 0.485. The second-order valence-corrected chi connectivity index (χ2v) is 6.89. The Balaban J connectivity index is 1.52. The standard InChI is InChI=1S/C23H25NO2/c1-18(19-8-4-2-5-9-19)12-13-22(25)20-14-16-24(17-15-20)23(26)21-10-6-3-7-11-21/h2-13,18,20H,14-17H2,1H3. The number of amides is 1. The van der Waals surface area contributed by atoms with E-state index in [0.29, 0.717) is 18.7 Å². The third-order valence-electron chi connectivity index (χ3n) is 5.08. The molecule has 2 aromatic rings. The van der Waals surface area contributed by atoms with Gasteiger partial charge in [0, 0.05) is 24.6 Å². The SMILES string of the molecule is CC(C=CC(=O)C1CCN(C(=O)c2ccccc2)CC1)c1ccccc1. The van der Waals surface area contributed by atoms with Crippen molar-refractivity contribution in [2.24, 2.45) is 5.92 Å². The molecular weight excluding hydrogens is 322 g/mol. The van der Waals surface area contributed by atoms with Gasteiger partial charge in [-0.15, -0.1) is 0 Å². The number of piperidine rings is 1. The quantitative estimate of drug-likeness (QED) is 0.749. The fraction of sp³-hybridized carbons (Fsp3) is 0.304. The minimum atomic E-state index is 0.0223. The molecule has 2 aromatic carbocycles. The summed E-state index contributed by atoms with van der Waals surface area (Å²) in [5.41, 5.74) is 1.92. The zero-order chi connectivity index (χ0) is 18.4. The Morgan fingerprint density at radius 2 is 1.54 bits per heavy atom. The van der Waals surface area contributed by atoms with Crippen LogP contribution in [-0.2, 0) is 4.79 Å².